The van der Waals surface area contributed by atoms with E-state index < -0.39 is 5.97 Å². The van der Waals surface area contributed by atoms with Crippen molar-refractivity contribution in [2.45, 2.75) is 33.6 Å². The quantitative estimate of drug-likeness (QED) is 0.748. The predicted molar refractivity (Wildman–Crippen MR) is 79.0 cm³/mol. The fourth-order valence-corrected chi connectivity index (χ4v) is 1.86. The molecule has 1 rings (SSSR count). The molecule has 5 nitrogen and oxygen atoms in total. The highest BCUT2D eigenvalue weighted by Crippen LogP contribution is 2.15. The van der Waals surface area contributed by atoms with E-state index in [4.69, 9.17) is 5.11 Å². The van der Waals surface area contributed by atoms with E-state index in [1.54, 1.807) is 0 Å². The second-order valence-electron chi connectivity index (χ2n) is 5.19. The second-order valence-corrected chi connectivity index (χ2v) is 5.19. The summed E-state index contributed by atoms with van der Waals surface area (Å²) in [6, 6.07) is 5.56. The number of benzene rings is 1. The number of carbonyl (C=O) groups excluding carboxylic acids is 1. The van der Waals surface area contributed by atoms with Crippen molar-refractivity contribution in [3.63, 3.8) is 0 Å². The molecule has 0 radical (unpaired) electrons. The molecule has 0 aliphatic rings. The maximum Gasteiger partial charge on any atom is 0.319 e. The maximum atomic E-state index is 11.8. The van der Waals surface area contributed by atoms with Crippen LogP contribution < -0.4 is 10.6 Å². The zero-order valence-electron chi connectivity index (χ0n) is 12.2. The third kappa shape index (κ3) is 5.73. The Labute approximate surface area is 119 Å². The molecule has 1 aromatic carbocycles. The molecule has 1 aromatic rings. The molecule has 1 unspecified atom stereocenters. The van der Waals surface area contributed by atoms with Gasteiger partial charge in [0, 0.05) is 18.7 Å². The molecule has 0 aromatic heterocycles. The third-order valence-corrected chi connectivity index (χ3v) is 3.09. The third-order valence-electron chi connectivity index (χ3n) is 3.09. The molecule has 3 N–H and O–H groups in total. The molecule has 110 valence electrons. The number of carbonyl (C=O) groups is 2. The molecular weight excluding hydrogens is 256 g/mol. The smallest absolute Gasteiger partial charge is 0.319 e. The fourth-order valence-electron chi connectivity index (χ4n) is 1.86. The van der Waals surface area contributed by atoms with Gasteiger partial charge in [-0.25, -0.2) is 4.79 Å². The predicted octanol–water partition coefficient (Wildman–Crippen LogP) is 2.93. The van der Waals surface area contributed by atoms with Crippen molar-refractivity contribution in [3.8, 4) is 0 Å². The van der Waals surface area contributed by atoms with Crippen molar-refractivity contribution < 1.29 is 14.7 Å². The van der Waals surface area contributed by atoms with Crippen molar-refractivity contribution in [3.05, 3.63) is 29.3 Å². The van der Waals surface area contributed by atoms with Crippen LogP contribution >= 0.6 is 0 Å². The van der Waals surface area contributed by atoms with Crippen LogP contribution in [0, 0.1) is 19.8 Å². The zero-order chi connectivity index (χ0) is 15.1. The molecule has 0 spiro atoms. The molecule has 0 heterocycles. The number of aliphatic carboxylic acids is 1. The Bertz CT molecular complexity index is 486. The summed E-state index contributed by atoms with van der Waals surface area (Å²) in [5, 5.41) is 14.1. The minimum Gasteiger partial charge on any atom is -0.481 e. The van der Waals surface area contributed by atoms with E-state index >= 15 is 0 Å². The SMILES string of the molecule is Cc1ccc(NC(=O)NCC(C)CCC(=O)O)c(C)c1. The van der Waals surface area contributed by atoms with Gasteiger partial charge in [-0.2, -0.15) is 0 Å². The normalized spacial score (nSPS) is 11.8. The Morgan fingerprint density at radius 1 is 1.30 bits per heavy atom. The molecule has 2 amide bonds. The van der Waals surface area contributed by atoms with E-state index in [1.165, 1.54) is 0 Å². The fraction of sp³-hybridized carbons (Fsp3) is 0.467. The van der Waals surface area contributed by atoms with E-state index in [0.717, 1.165) is 16.8 Å². The number of amides is 2. The van der Waals surface area contributed by atoms with E-state index in [0.29, 0.717) is 13.0 Å². The van der Waals surface area contributed by atoms with Gasteiger partial charge in [-0.05, 0) is 37.8 Å². The number of hydrogen-bond donors (Lipinski definition) is 3. The first-order valence-corrected chi connectivity index (χ1v) is 6.72. The van der Waals surface area contributed by atoms with E-state index in [1.807, 2.05) is 39.0 Å². The zero-order valence-corrected chi connectivity index (χ0v) is 12.2. The van der Waals surface area contributed by atoms with Crippen molar-refractivity contribution in [2.24, 2.45) is 5.92 Å². The molecule has 0 saturated carbocycles. The van der Waals surface area contributed by atoms with Crippen LogP contribution in [0.4, 0.5) is 10.5 Å². The summed E-state index contributed by atoms with van der Waals surface area (Å²) in [4.78, 5) is 22.2. The summed E-state index contributed by atoms with van der Waals surface area (Å²) in [5.74, 6) is -0.674. The summed E-state index contributed by atoms with van der Waals surface area (Å²) in [5.41, 5.74) is 2.95. The molecule has 0 aliphatic carbocycles. The molecule has 0 saturated heterocycles. The van der Waals surface area contributed by atoms with Crippen molar-refractivity contribution >= 4 is 17.7 Å². The van der Waals surface area contributed by atoms with Gasteiger partial charge >= 0.3 is 12.0 Å². The van der Waals surface area contributed by atoms with Gasteiger partial charge < -0.3 is 15.7 Å². The van der Waals surface area contributed by atoms with Gasteiger partial charge in [0.25, 0.3) is 0 Å². The van der Waals surface area contributed by atoms with E-state index in [-0.39, 0.29) is 18.4 Å². The van der Waals surface area contributed by atoms with Crippen LogP contribution in [-0.2, 0) is 4.79 Å². The highest BCUT2D eigenvalue weighted by atomic mass is 16.4. The van der Waals surface area contributed by atoms with Crippen molar-refractivity contribution in [1.82, 2.24) is 5.32 Å². The van der Waals surface area contributed by atoms with Gasteiger partial charge in [-0.15, -0.1) is 0 Å². The Morgan fingerprint density at radius 3 is 2.60 bits per heavy atom. The summed E-state index contributed by atoms with van der Waals surface area (Å²) >= 11 is 0. The number of carboxylic acids is 1. The maximum absolute atomic E-state index is 11.8. The van der Waals surface area contributed by atoms with Gasteiger partial charge in [0.05, 0.1) is 0 Å². The second kappa shape index (κ2) is 7.53. The molecule has 5 heteroatoms. The molecule has 1 atom stereocenters. The highest BCUT2D eigenvalue weighted by molar-refractivity contribution is 5.90. The highest BCUT2D eigenvalue weighted by Gasteiger charge is 2.08. The first kappa shape index (κ1) is 16.0. The minimum atomic E-state index is -0.809. The first-order chi connectivity index (χ1) is 9.38. The summed E-state index contributed by atoms with van der Waals surface area (Å²) in [6.45, 7) is 6.32. The van der Waals surface area contributed by atoms with E-state index in [2.05, 4.69) is 10.6 Å². The molecule has 0 aliphatic heterocycles. The van der Waals surface area contributed by atoms with Crippen LogP contribution in [-0.4, -0.2) is 23.7 Å². The molecular formula is C15H22N2O3. The summed E-state index contributed by atoms with van der Waals surface area (Å²) in [6.07, 6.45) is 0.681. The number of rotatable bonds is 6. The van der Waals surface area contributed by atoms with Crippen LogP contribution in [0.2, 0.25) is 0 Å². The number of hydrogen-bond acceptors (Lipinski definition) is 2. The average molecular weight is 278 g/mol. The topological polar surface area (TPSA) is 78.4 Å². The van der Waals surface area contributed by atoms with Crippen molar-refractivity contribution in [2.75, 3.05) is 11.9 Å². The Balaban J connectivity index is 2.38. The van der Waals surface area contributed by atoms with Gasteiger partial charge in [0.2, 0.25) is 0 Å². The Hall–Kier alpha value is -2.04. The van der Waals surface area contributed by atoms with Crippen LogP contribution in [0.5, 0.6) is 0 Å². The number of carboxylic acid groups (broad SMARTS) is 1. The lowest BCUT2D eigenvalue weighted by Crippen LogP contribution is -2.32. The van der Waals surface area contributed by atoms with Gasteiger partial charge in [0.15, 0.2) is 0 Å². The number of anilines is 1. The van der Waals surface area contributed by atoms with Gasteiger partial charge in [-0.1, -0.05) is 24.6 Å². The van der Waals surface area contributed by atoms with E-state index in [9.17, 15) is 9.59 Å². The lowest BCUT2D eigenvalue weighted by atomic mass is 10.1. The molecule has 20 heavy (non-hydrogen) atoms. The van der Waals surface area contributed by atoms with Crippen LogP contribution in [0.1, 0.15) is 30.9 Å². The van der Waals surface area contributed by atoms with Crippen molar-refractivity contribution in [1.29, 1.82) is 0 Å². The lowest BCUT2D eigenvalue weighted by Gasteiger charge is -2.13. The Morgan fingerprint density at radius 2 is 2.00 bits per heavy atom. The summed E-state index contributed by atoms with van der Waals surface area (Å²) < 4.78 is 0. The average Bonchev–Trinajstić information content (AvgIpc) is 2.37. The lowest BCUT2D eigenvalue weighted by molar-refractivity contribution is -0.137. The monoisotopic (exact) mass is 278 g/mol. The number of nitrogens with one attached hydrogen (secondary N) is 2. The van der Waals surface area contributed by atoms with Crippen LogP contribution in [0.3, 0.4) is 0 Å². The van der Waals surface area contributed by atoms with Gasteiger partial charge in [0.1, 0.15) is 0 Å². The molecule has 0 bridgehead atoms. The largest absolute Gasteiger partial charge is 0.481 e. The standard InChI is InChI=1S/C15H22N2O3/c1-10-4-6-13(12(3)8-10)17-15(20)16-9-11(2)5-7-14(18)19/h4,6,8,11H,5,7,9H2,1-3H3,(H,18,19)(H2,16,17,20). The van der Waals surface area contributed by atoms with Crippen LogP contribution in [0.25, 0.3) is 0 Å². The first-order valence-electron chi connectivity index (χ1n) is 6.72. The molecule has 0 fully saturated rings. The number of aryl methyl sites for hydroxylation is 2. The van der Waals surface area contributed by atoms with Crippen LogP contribution in [0.15, 0.2) is 18.2 Å². The Kier molecular flexibility index (Phi) is 6.03. The van der Waals surface area contributed by atoms with Gasteiger partial charge in [-0.3, -0.25) is 4.79 Å². The minimum absolute atomic E-state index is 0.127. The number of urea groups is 1. The summed E-state index contributed by atoms with van der Waals surface area (Å²) in [7, 11) is 0.